The summed E-state index contributed by atoms with van der Waals surface area (Å²) >= 11 is 0. The van der Waals surface area contributed by atoms with E-state index < -0.39 is 0 Å². The Labute approximate surface area is 187 Å². The summed E-state index contributed by atoms with van der Waals surface area (Å²) in [5.74, 6) is 2.06. The molecule has 3 unspecified atom stereocenters. The number of phenols is 1. The lowest BCUT2D eigenvalue weighted by Crippen LogP contribution is -2.43. The third-order valence-electron chi connectivity index (χ3n) is 8.22. The van der Waals surface area contributed by atoms with E-state index >= 15 is 0 Å². The number of benzene rings is 1. The molecule has 0 aromatic heterocycles. The number of fused-ring (bicyclic) bond motifs is 3. The average Bonchev–Trinajstić information content (AvgIpc) is 3.44. The second-order valence-corrected chi connectivity index (χ2v) is 10.8. The van der Waals surface area contributed by atoms with E-state index in [0.717, 1.165) is 56.4 Å². The minimum absolute atomic E-state index is 0.153. The van der Waals surface area contributed by atoms with Crippen LogP contribution in [0.25, 0.3) is 0 Å². The Balaban J connectivity index is 1.82. The topological polar surface area (TPSA) is 45.1 Å². The molecule has 4 atom stereocenters. The third-order valence-corrected chi connectivity index (χ3v) is 8.22. The largest absolute Gasteiger partial charge is 0.507 e. The van der Waals surface area contributed by atoms with Crippen LogP contribution in [0.4, 0.5) is 0 Å². The molecule has 4 nitrogen and oxygen atoms in total. The quantitative estimate of drug-likeness (QED) is 0.584. The van der Waals surface area contributed by atoms with Gasteiger partial charge in [-0.2, -0.15) is 0 Å². The minimum atomic E-state index is -0.259. The highest BCUT2D eigenvalue weighted by molar-refractivity contribution is 5.67. The fraction of sp³-hybridized carbons (Fsp3) is 0.667. The van der Waals surface area contributed by atoms with Gasteiger partial charge < -0.3 is 9.84 Å². The zero-order valence-electron chi connectivity index (χ0n) is 19.9. The van der Waals surface area contributed by atoms with Crippen molar-refractivity contribution in [3.05, 3.63) is 33.9 Å². The van der Waals surface area contributed by atoms with Crippen LogP contribution in [0.1, 0.15) is 106 Å². The molecule has 168 valence electrons. The molecule has 1 fully saturated rings. The molecule has 1 aromatic rings. The monoisotopic (exact) mass is 422 g/mol. The highest BCUT2D eigenvalue weighted by atomic mass is 16.5. The van der Waals surface area contributed by atoms with E-state index in [1.54, 1.807) is 0 Å². The summed E-state index contributed by atoms with van der Waals surface area (Å²) < 4.78 is 6.86. The highest BCUT2D eigenvalue weighted by Crippen LogP contribution is 2.60. The van der Waals surface area contributed by atoms with Crippen molar-refractivity contribution in [3.63, 3.8) is 0 Å². The van der Waals surface area contributed by atoms with Gasteiger partial charge in [-0.05, 0) is 84.7 Å². The molecular weight excluding hydrogens is 384 g/mol. The Kier molecular flexibility index (Phi) is 5.20. The Morgan fingerprint density at radius 3 is 2.68 bits per heavy atom. The maximum absolute atomic E-state index is 11.9. The maximum Gasteiger partial charge on any atom is 0.133 e. The van der Waals surface area contributed by atoms with E-state index in [-0.39, 0.29) is 23.6 Å². The van der Waals surface area contributed by atoms with Crippen molar-refractivity contribution in [3.8, 4) is 11.5 Å². The van der Waals surface area contributed by atoms with Gasteiger partial charge in [0.1, 0.15) is 17.1 Å². The van der Waals surface area contributed by atoms with Gasteiger partial charge in [0.25, 0.3) is 0 Å². The summed E-state index contributed by atoms with van der Waals surface area (Å²) in [5.41, 5.74) is 5.98. The molecule has 0 saturated carbocycles. The van der Waals surface area contributed by atoms with E-state index in [1.165, 1.54) is 28.7 Å². The summed E-state index contributed by atoms with van der Waals surface area (Å²) in [6, 6.07) is 0.441. The predicted molar refractivity (Wildman–Crippen MR) is 126 cm³/mol. The smallest absolute Gasteiger partial charge is 0.133 e. The lowest BCUT2D eigenvalue weighted by molar-refractivity contribution is 0.0208. The lowest BCUT2D eigenvalue weighted by atomic mass is 9.72. The van der Waals surface area contributed by atoms with Crippen molar-refractivity contribution >= 4 is 6.21 Å². The van der Waals surface area contributed by atoms with Crippen LogP contribution in [-0.2, 0) is 6.42 Å². The third kappa shape index (κ3) is 3.25. The molecule has 1 aliphatic carbocycles. The van der Waals surface area contributed by atoms with Crippen LogP contribution in [0.3, 0.4) is 0 Å². The molecule has 1 aromatic carbocycles. The molecule has 0 radical (unpaired) electrons. The number of allylic oxidation sites excluding steroid dienone is 2. The molecule has 4 aliphatic rings. The van der Waals surface area contributed by atoms with Gasteiger partial charge in [-0.15, -0.1) is 0 Å². The number of hydrogen-bond acceptors (Lipinski definition) is 4. The summed E-state index contributed by atoms with van der Waals surface area (Å²) in [4.78, 5) is 7.34. The number of phenolic OH excluding ortho intramolecular Hbond substituents is 1. The molecule has 0 bridgehead atoms. The Morgan fingerprint density at radius 1 is 1.23 bits per heavy atom. The molecule has 1 saturated heterocycles. The van der Waals surface area contributed by atoms with Crippen LogP contribution in [0.15, 0.2) is 16.6 Å². The summed E-state index contributed by atoms with van der Waals surface area (Å²) in [5, 5.41) is 11.9. The molecule has 0 amide bonds. The zero-order chi connectivity index (χ0) is 21.9. The second kappa shape index (κ2) is 7.65. The number of likely N-dealkylation sites (tertiary alicyclic amines) is 1. The number of aromatic hydroxyl groups is 1. The van der Waals surface area contributed by atoms with Gasteiger partial charge in [-0.1, -0.05) is 25.0 Å². The normalized spacial score (nSPS) is 31.5. The van der Waals surface area contributed by atoms with E-state index in [4.69, 9.17) is 9.73 Å². The van der Waals surface area contributed by atoms with Crippen molar-refractivity contribution in [2.45, 2.75) is 96.2 Å². The van der Waals surface area contributed by atoms with Crippen molar-refractivity contribution in [1.29, 1.82) is 0 Å². The van der Waals surface area contributed by atoms with Gasteiger partial charge in [-0.3, -0.25) is 9.89 Å². The first kappa shape index (κ1) is 21.1. The molecule has 1 N–H and O–H groups in total. The fourth-order valence-electron chi connectivity index (χ4n) is 6.74. The van der Waals surface area contributed by atoms with Gasteiger partial charge in [0, 0.05) is 34.6 Å². The summed E-state index contributed by atoms with van der Waals surface area (Å²) in [6.45, 7) is 10.0. The first-order valence-electron chi connectivity index (χ1n) is 12.3. The van der Waals surface area contributed by atoms with Crippen molar-refractivity contribution in [2.24, 2.45) is 10.9 Å². The van der Waals surface area contributed by atoms with Crippen LogP contribution < -0.4 is 4.74 Å². The Morgan fingerprint density at radius 2 is 2.03 bits per heavy atom. The molecule has 0 spiro atoms. The Bertz CT molecular complexity index is 945. The number of ether oxygens (including phenoxy) is 1. The number of hydrogen-bond donors (Lipinski definition) is 1. The summed E-state index contributed by atoms with van der Waals surface area (Å²) in [7, 11) is 2.21. The molecule has 3 aliphatic heterocycles. The van der Waals surface area contributed by atoms with E-state index in [0.29, 0.717) is 11.7 Å². The second-order valence-electron chi connectivity index (χ2n) is 10.8. The lowest BCUT2D eigenvalue weighted by Gasteiger charge is -2.44. The van der Waals surface area contributed by atoms with Gasteiger partial charge in [-0.25, -0.2) is 0 Å². The SMILES string of the molecule is CCCc1c(C2CCC=N2)c2c(c(O)c1[C@@H]1CCCN1C)C1C=C(C)CC1C(C)(C)O2. The zero-order valence-corrected chi connectivity index (χ0v) is 19.9. The van der Waals surface area contributed by atoms with Crippen molar-refractivity contribution < 1.29 is 9.84 Å². The number of rotatable bonds is 4. The Hall–Kier alpha value is -1.81. The van der Waals surface area contributed by atoms with E-state index in [1.807, 2.05) is 0 Å². The maximum atomic E-state index is 11.9. The molecule has 31 heavy (non-hydrogen) atoms. The van der Waals surface area contributed by atoms with Crippen molar-refractivity contribution in [1.82, 2.24) is 4.90 Å². The van der Waals surface area contributed by atoms with Gasteiger partial charge >= 0.3 is 0 Å². The number of aliphatic imine (C=N–C) groups is 1. The minimum Gasteiger partial charge on any atom is -0.507 e. The van der Waals surface area contributed by atoms with Crippen LogP contribution in [0.2, 0.25) is 0 Å². The molecule has 3 heterocycles. The fourth-order valence-corrected chi connectivity index (χ4v) is 6.74. The first-order valence-corrected chi connectivity index (χ1v) is 12.3. The van der Waals surface area contributed by atoms with Gasteiger partial charge in [0.05, 0.1) is 6.04 Å². The van der Waals surface area contributed by atoms with Gasteiger partial charge in [0.15, 0.2) is 0 Å². The van der Waals surface area contributed by atoms with Crippen molar-refractivity contribution in [2.75, 3.05) is 13.6 Å². The van der Waals surface area contributed by atoms with E-state index in [2.05, 4.69) is 51.9 Å². The number of nitrogens with zero attached hydrogens (tertiary/aromatic N) is 2. The molecule has 4 heteroatoms. The van der Waals surface area contributed by atoms with Gasteiger partial charge in [0.2, 0.25) is 0 Å². The van der Waals surface area contributed by atoms with Crippen LogP contribution in [0.5, 0.6) is 11.5 Å². The van der Waals surface area contributed by atoms with Crippen LogP contribution in [-0.4, -0.2) is 35.4 Å². The molecular formula is C27H38N2O2. The van der Waals surface area contributed by atoms with Crippen LogP contribution in [0, 0.1) is 5.92 Å². The highest BCUT2D eigenvalue weighted by Gasteiger charge is 2.49. The molecule has 5 rings (SSSR count). The van der Waals surface area contributed by atoms with E-state index in [9.17, 15) is 5.11 Å². The first-order chi connectivity index (χ1) is 14.8. The standard InChI is InChI=1S/C27H38N2O2/c1-6-9-17-22(20-10-7-12-28-20)26-24(25(30)23(17)21-11-8-13-29(21)5)18-14-16(2)15-19(18)27(3,4)31-26/h12,14,18-21,30H,6-11,13,15H2,1-5H3/t18?,19?,20?,21-/m0/s1. The van der Waals surface area contributed by atoms with Crippen LogP contribution >= 0.6 is 0 Å². The predicted octanol–water partition coefficient (Wildman–Crippen LogP) is 6.24. The summed E-state index contributed by atoms with van der Waals surface area (Å²) in [6.07, 6.45) is 11.9. The average molecular weight is 423 g/mol.